The first kappa shape index (κ1) is 17.4. The van der Waals surface area contributed by atoms with E-state index in [4.69, 9.17) is 9.47 Å². The first-order chi connectivity index (χ1) is 11.9. The van der Waals surface area contributed by atoms with Crippen molar-refractivity contribution in [1.82, 2.24) is 4.90 Å². The summed E-state index contributed by atoms with van der Waals surface area (Å²) in [4.78, 5) is 37.8. The molecule has 3 rings (SSSR count). The van der Waals surface area contributed by atoms with Gasteiger partial charge >= 0.3 is 11.9 Å². The molecule has 0 aliphatic carbocycles. The van der Waals surface area contributed by atoms with Gasteiger partial charge in [0.25, 0.3) is 5.91 Å². The van der Waals surface area contributed by atoms with Crippen molar-refractivity contribution in [3.63, 3.8) is 0 Å². The van der Waals surface area contributed by atoms with E-state index in [1.807, 2.05) is 0 Å². The van der Waals surface area contributed by atoms with Gasteiger partial charge in [-0.15, -0.1) is 0 Å². The molecule has 2 heterocycles. The summed E-state index contributed by atoms with van der Waals surface area (Å²) in [5.74, 6) is -1.81. The monoisotopic (exact) mass is 349 g/mol. The van der Waals surface area contributed by atoms with Crippen LogP contribution in [0, 0.1) is 11.7 Å². The van der Waals surface area contributed by atoms with Crippen molar-refractivity contribution in [2.75, 3.05) is 13.1 Å². The van der Waals surface area contributed by atoms with Crippen LogP contribution in [-0.2, 0) is 19.1 Å². The van der Waals surface area contributed by atoms with Crippen molar-refractivity contribution >= 4 is 17.8 Å². The predicted octanol–water partition coefficient (Wildman–Crippen LogP) is 1.93. The van der Waals surface area contributed by atoms with E-state index in [2.05, 4.69) is 0 Å². The fourth-order valence-corrected chi connectivity index (χ4v) is 3.15. The summed E-state index contributed by atoms with van der Waals surface area (Å²) in [7, 11) is 0. The maximum atomic E-state index is 12.9. The lowest BCUT2D eigenvalue weighted by Crippen LogP contribution is -2.41. The number of nitrogens with zero attached hydrogens (tertiary/aromatic N) is 1. The number of likely N-dealkylation sites (tertiary alicyclic amines) is 1. The number of hydrogen-bond acceptors (Lipinski definition) is 5. The fourth-order valence-electron chi connectivity index (χ4n) is 3.15. The van der Waals surface area contributed by atoms with Crippen LogP contribution in [-0.4, -0.2) is 48.0 Å². The topological polar surface area (TPSA) is 72.9 Å². The number of hydrogen-bond donors (Lipinski definition) is 0. The Morgan fingerprint density at radius 1 is 1.20 bits per heavy atom. The van der Waals surface area contributed by atoms with Gasteiger partial charge in [-0.05, 0) is 44.0 Å². The summed E-state index contributed by atoms with van der Waals surface area (Å²) in [5, 5.41) is 0. The molecule has 6 nitrogen and oxygen atoms in total. The molecule has 0 unspecified atom stereocenters. The van der Waals surface area contributed by atoms with Gasteiger partial charge in [0.15, 0.2) is 0 Å². The summed E-state index contributed by atoms with van der Waals surface area (Å²) in [5.41, 5.74) is 0.421. The number of carbonyl (C=O) groups excluding carboxylic acids is 3. The van der Waals surface area contributed by atoms with Crippen molar-refractivity contribution in [2.24, 2.45) is 5.92 Å². The summed E-state index contributed by atoms with van der Waals surface area (Å²) in [6, 6.07) is 5.40. The number of piperidine rings is 1. The molecule has 25 heavy (non-hydrogen) atoms. The van der Waals surface area contributed by atoms with Gasteiger partial charge in [-0.3, -0.25) is 9.59 Å². The van der Waals surface area contributed by atoms with E-state index in [1.165, 1.54) is 24.3 Å². The fraction of sp³-hybridized carbons (Fsp3) is 0.500. The maximum Gasteiger partial charge on any atom is 0.347 e. The lowest BCUT2D eigenvalue weighted by Gasteiger charge is -2.31. The van der Waals surface area contributed by atoms with Gasteiger partial charge in [-0.25, -0.2) is 9.18 Å². The van der Waals surface area contributed by atoms with Gasteiger partial charge in [-0.2, -0.15) is 0 Å². The Morgan fingerprint density at radius 3 is 2.40 bits per heavy atom. The molecule has 0 N–H and O–H groups in total. The minimum Gasteiger partial charge on any atom is -0.460 e. The van der Waals surface area contributed by atoms with Crippen molar-refractivity contribution in [2.45, 2.75) is 38.4 Å². The van der Waals surface area contributed by atoms with E-state index in [-0.39, 0.29) is 17.9 Å². The van der Waals surface area contributed by atoms with Crippen LogP contribution in [0.15, 0.2) is 24.3 Å². The predicted molar refractivity (Wildman–Crippen MR) is 85.1 cm³/mol. The Morgan fingerprint density at radius 2 is 1.84 bits per heavy atom. The number of rotatable bonds is 3. The number of carbonyl (C=O) groups is 3. The maximum absolute atomic E-state index is 12.9. The molecule has 2 fully saturated rings. The number of cyclic esters (lactones) is 1. The van der Waals surface area contributed by atoms with Gasteiger partial charge in [0.2, 0.25) is 6.10 Å². The average Bonchev–Trinajstić information content (AvgIpc) is 2.92. The molecule has 1 aromatic rings. The van der Waals surface area contributed by atoms with E-state index >= 15 is 0 Å². The Bertz CT molecular complexity index is 667. The zero-order valence-electron chi connectivity index (χ0n) is 13.9. The molecule has 134 valence electrons. The Labute approximate surface area is 144 Å². The van der Waals surface area contributed by atoms with Crippen LogP contribution in [0.5, 0.6) is 0 Å². The number of esters is 2. The van der Waals surface area contributed by atoms with Crippen LogP contribution in [0.3, 0.4) is 0 Å². The van der Waals surface area contributed by atoms with Crippen LogP contribution >= 0.6 is 0 Å². The van der Waals surface area contributed by atoms with E-state index in [0.29, 0.717) is 37.9 Å². The van der Waals surface area contributed by atoms with Crippen LogP contribution < -0.4 is 0 Å². The highest BCUT2D eigenvalue weighted by Crippen LogP contribution is 2.24. The second kappa shape index (κ2) is 7.21. The third-order valence-corrected chi connectivity index (χ3v) is 4.59. The quantitative estimate of drug-likeness (QED) is 0.780. The van der Waals surface area contributed by atoms with Gasteiger partial charge in [-0.1, -0.05) is 0 Å². The summed E-state index contributed by atoms with van der Waals surface area (Å²) in [6.45, 7) is 2.59. The van der Waals surface area contributed by atoms with Gasteiger partial charge < -0.3 is 14.4 Å². The van der Waals surface area contributed by atoms with Gasteiger partial charge in [0.05, 0.1) is 5.92 Å². The molecule has 2 atom stereocenters. The Hall–Kier alpha value is -2.44. The summed E-state index contributed by atoms with van der Waals surface area (Å²) >= 11 is 0. The molecule has 0 radical (unpaired) electrons. The molecule has 1 amide bonds. The largest absolute Gasteiger partial charge is 0.460 e. The number of ether oxygens (including phenoxy) is 2. The molecule has 0 saturated carbocycles. The van der Waals surface area contributed by atoms with Crippen molar-refractivity contribution in [1.29, 1.82) is 0 Å². The zero-order chi connectivity index (χ0) is 18.0. The van der Waals surface area contributed by atoms with E-state index < -0.39 is 23.9 Å². The van der Waals surface area contributed by atoms with E-state index in [1.54, 1.807) is 11.8 Å². The SMILES string of the molecule is C[C@H]1C[C@H](OC(=O)C2CCN(C(=O)c3ccc(F)cc3)CC2)C(=O)O1. The van der Waals surface area contributed by atoms with Crippen LogP contribution in [0.4, 0.5) is 4.39 Å². The van der Waals surface area contributed by atoms with Crippen molar-refractivity contribution in [3.8, 4) is 0 Å². The highest BCUT2D eigenvalue weighted by molar-refractivity contribution is 5.94. The molecule has 2 aliphatic heterocycles. The molecule has 0 spiro atoms. The zero-order valence-corrected chi connectivity index (χ0v) is 13.9. The molecule has 2 aliphatic rings. The van der Waals surface area contributed by atoms with E-state index in [9.17, 15) is 18.8 Å². The first-order valence-corrected chi connectivity index (χ1v) is 8.40. The average molecular weight is 349 g/mol. The normalized spacial score (nSPS) is 24.1. The summed E-state index contributed by atoms with van der Waals surface area (Å²) < 4.78 is 23.2. The molecule has 0 bridgehead atoms. The Balaban J connectivity index is 1.51. The van der Waals surface area contributed by atoms with Gasteiger partial charge in [0, 0.05) is 25.1 Å². The summed E-state index contributed by atoms with van der Waals surface area (Å²) in [6.07, 6.45) is 0.278. The van der Waals surface area contributed by atoms with Crippen LogP contribution in [0.25, 0.3) is 0 Å². The second-order valence-corrected chi connectivity index (χ2v) is 6.48. The molecule has 7 heteroatoms. The molecular formula is C18H20FNO5. The molecular weight excluding hydrogens is 329 g/mol. The number of halogens is 1. The third kappa shape index (κ3) is 3.97. The minimum atomic E-state index is -0.818. The molecule has 2 saturated heterocycles. The van der Waals surface area contributed by atoms with Crippen LogP contribution in [0.2, 0.25) is 0 Å². The van der Waals surface area contributed by atoms with Crippen molar-refractivity contribution < 1.29 is 28.2 Å². The van der Waals surface area contributed by atoms with Crippen molar-refractivity contribution in [3.05, 3.63) is 35.6 Å². The highest BCUT2D eigenvalue weighted by Gasteiger charge is 2.37. The van der Waals surface area contributed by atoms with E-state index in [0.717, 1.165) is 0 Å². The lowest BCUT2D eigenvalue weighted by atomic mass is 9.96. The molecule has 0 aromatic heterocycles. The first-order valence-electron chi connectivity index (χ1n) is 8.40. The standard InChI is InChI=1S/C18H20FNO5/c1-11-10-15(18(23)24-11)25-17(22)13-6-8-20(9-7-13)16(21)12-2-4-14(19)5-3-12/h2-5,11,13,15H,6-10H2,1H3/t11-,15-/m0/s1. The number of amides is 1. The lowest BCUT2D eigenvalue weighted by molar-refractivity contribution is -0.164. The smallest absolute Gasteiger partial charge is 0.347 e. The van der Waals surface area contributed by atoms with Gasteiger partial charge in [0.1, 0.15) is 11.9 Å². The number of benzene rings is 1. The highest BCUT2D eigenvalue weighted by atomic mass is 19.1. The minimum absolute atomic E-state index is 0.181. The molecule has 1 aromatic carbocycles. The van der Waals surface area contributed by atoms with Crippen LogP contribution in [0.1, 0.15) is 36.5 Å². The third-order valence-electron chi connectivity index (χ3n) is 4.59. The Kier molecular flexibility index (Phi) is 5.01. The second-order valence-electron chi connectivity index (χ2n) is 6.48.